The number of carbonyl (C=O) groups is 1. The predicted molar refractivity (Wildman–Crippen MR) is 73.4 cm³/mol. The highest BCUT2D eigenvalue weighted by Gasteiger charge is 2.34. The van der Waals surface area contributed by atoms with Gasteiger partial charge in [0.2, 0.25) is 0 Å². The Labute approximate surface area is 109 Å². The fourth-order valence-electron chi connectivity index (χ4n) is 2.58. The highest BCUT2D eigenvalue weighted by molar-refractivity contribution is 5.89. The number of urea groups is 1. The molecule has 1 atom stereocenters. The maximum atomic E-state index is 12.3. The lowest BCUT2D eigenvalue weighted by Gasteiger charge is -2.31. The molecule has 1 aromatic carbocycles. The number of anilines is 1. The Bertz CT molecular complexity index is 405. The number of rotatable bonds is 2. The van der Waals surface area contributed by atoms with Crippen molar-refractivity contribution in [2.75, 3.05) is 25.5 Å². The van der Waals surface area contributed by atoms with Gasteiger partial charge in [-0.1, -0.05) is 32.0 Å². The number of hydrogen-bond acceptors (Lipinski definition) is 2. The molecule has 1 N–H and O–H groups in total. The van der Waals surface area contributed by atoms with Crippen LogP contribution in [0.5, 0.6) is 0 Å². The summed E-state index contributed by atoms with van der Waals surface area (Å²) in [7, 11) is 2.07. The third-order valence-electron chi connectivity index (χ3n) is 3.35. The summed E-state index contributed by atoms with van der Waals surface area (Å²) in [5.74, 6) is 0.430. The zero-order valence-electron chi connectivity index (χ0n) is 11.3. The second kappa shape index (κ2) is 5.40. The molecule has 0 radical (unpaired) electrons. The third-order valence-corrected chi connectivity index (χ3v) is 3.35. The summed E-state index contributed by atoms with van der Waals surface area (Å²) < 4.78 is 0. The largest absolute Gasteiger partial charge is 0.323 e. The Balaban J connectivity index is 2.05. The molecule has 98 valence electrons. The van der Waals surface area contributed by atoms with E-state index in [1.807, 2.05) is 35.2 Å². The minimum absolute atomic E-state index is 0.00995. The first-order valence-corrected chi connectivity index (χ1v) is 6.42. The lowest BCUT2D eigenvalue weighted by molar-refractivity contribution is 0.132. The van der Waals surface area contributed by atoms with E-state index >= 15 is 0 Å². The Morgan fingerprint density at radius 1 is 1.28 bits per heavy atom. The van der Waals surface area contributed by atoms with Gasteiger partial charge in [-0.3, -0.25) is 4.90 Å². The molecule has 1 heterocycles. The van der Waals surface area contributed by atoms with Crippen LogP contribution in [0.3, 0.4) is 0 Å². The van der Waals surface area contributed by atoms with Crippen molar-refractivity contribution in [3.63, 3.8) is 0 Å². The number of nitrogens with zero attached hydrogens (tertiary/aromatic N) is 2. The van der Waals surface area contributed by atoms with E-state index in [1.54, 1.807) is 0 Å². The number of likely N-dealkylation sites (N-methyl/N-ethyl adjacent to an activating group) is 1. The number of hydrogen-bond donors (Lipinski definition) is 1. The van der Waals surface area contributed by atoms with Crippen LogP contribution < -0.4 is 5.32 Å². The molecule has 2 rings (SSSR count). The van der Waals surface area contributed by atoms with Crippen molar-refractivity contribution in [2.45, 2.75) is 20.0 Å². The summed E-state index contributed by atoms with van der Waals surface area (Å²) >= 11 is 0. The molecule has 4 nitrogen and oxygen atoms in total. The van der Waals surface area contributed by atoms with Gasteiger partial charge in [0, 0.05) is 18.8 Å². The van der Waals surface area contributed by atoms with Crippen LogP contribution >= 0.6 is 0 Å². The van der Waals surface area contributed by atoms with Gasteiger partial charge >= 0.3 is 6.03 Å². The zero-order valence-corrected chi connectivity index (χ0v) is 11.3. The second-order valence-corrected chi connectivity index (χ2v) is 5.13. The van der Waals surface area contributed by atoms with E-state index in [1.165, 1.54) is 0 Å². The molecule has 0 saturated carbocycles. The average molecular weight is 247 g/mol. The highest BCUT2D eigenvalue weighted by atomic mass is 16.2. The highest BCUT2D eigenvalue weighted by Crippen LogP contribution is 2.21. The van der Waals surface area contributed by atoms with E-state index in [4.69, 9.17) is 0 Å². The molecular formula is C14H21N3O. The summed E-state index contributed by atoms with van der Waals surface area (Å²) in [6, 6.07) is 9.58. The molecule has 18 heavy (non-hydrogen) atoms. The van der Waals surface area contributed by atoms with Gasteiger partial charge < -0.3 is 10.2 Å². The summed E-state index contributed by atoms with van der Waals surface area (Å²) in [6.07, 6.45) is 0.189. The van der Waals surface area contributed by atoms with Crippen molar-refractivity contribution in [3.8, 4) is 0 Å². The summed E-state index contributed by atoms with van der Waals surface area (Å²) in [6.45, 7) is 6.02. The third kappa shape index (κ3) is 2.64. The first-order chi connectivity index (χ1) is 8.59. The van der Waals surface area contributed by atoms with Gasteiger partial charge in [0.15, 0.2) is 0 Å². The lowest BCUT2D eigenvalue weighted by Crippen LogP contribution is -2.45. The molecule has 1 saturated heterocycles. The van der Waals surface area contributed by atoms with Gasteiger partial charge in [-0.25, -0.2) is 4.79 Å². The summed E-state index contributed by atoms with van der Waals surface area (Å²) in [5.41, 5.74) is 0.847. The second-order valence-electron chi connectivity index (χ2n) is 5.13. The molecule has 0 bridgehead atoms. The van der Waals surface area contributed by atoms with Gasteiger partial charge in [0.1, 0.15) is 0 Å². The van der Waals surface area contributed by atoms with Crippen LogP contribution in [0.4, 0.5) is 10.5 Å². The molecule has 1 aliphatic rings. The molecule has 0 spiro atoms. The molecule has 1 fully saturated rings. The van der Waals surface area contributed by atoms with E-state index in [0.29, 0.717) is 5.92 Å². The number of para-hydroxylation sites is 1. The van der Waals surface area contributed by atoms with Crippen molar-refractivity contribution in [1.82, 2.24) is 9.80 Å². The van der Waals surface area contributed by atoms with Crippen molar-refractivity contribution in [3.05, 3.63) is 30.3 Å². The maximum absolute atomic E-state index is 12.3. The maximum Gasteiger partial charge on any atom is 0.323 e. The van der Waals surface area contributed by atoms with E-state index in [2.05, 4.69) is 31.1 Å². The molecule has 1 aliphatic heterocycles. The molecule has 0 aromatic heterocycles. The van der Waals surface area contributed by atoms with Crippen LogP contribution in [0.1, 0.15) is 13.8 Å². The van der Waals surface area contributed by atoms with E-state index in [9.17, 15) is 4.79 Å². The molecule has 1 unspecified atom stereocenters. The normalized spacial score (nSPS) is 20.4. The lowest BCUT2D eigenvalue weighted by atomic mass is 10.1. The number of carbonyl (C=O) groups excluding carboxylic acids is 1. The average Bonchev–Trinajstić information content (AvgIpc) is 2.72. The fourth-order valence-corrected chi connectivity index (χ4v) is 2.58. The van der Waals surface area contributed by atoms with Crippen LogP contribution in [-0.2, 0) is 0 Å². The Morgan fingerprint density at radius 2 is 1.94 bits per heavy atom. The Morgan fingerprint density at radius 3 is 2.56 bits per heavy atom. The van der Waals surface area contributed by atoms with Gasteiger partial charge in [-0.05, 0) is 25.1 Å². The van der Waals surface area contributed by atoms with E-state index in [0.717, 1.165) is 18.8 Å². The zero-order chi connectivity index (χ0) is 13.1. The van der Waals surface area contributed by atoms with Crippen LogP contribution in [-0.4, -0.2) is 42.1 Å². The van der Waals surface area contributed by atoms with Crippen molar-refractivity contribution < 1.29 is 4.79 Å². The smallest absolute Gasteiger partial charge is 0.308 e. The molecular weight excluding hydrogens is 226 g/mol. The minimum Gasteiger partial charge on any atom is -0.308 e. The molecule has 4 heteroatoms. The van der Waals surface area contributed by atoms with E-state index < -0.39 is 0 Å². The Hall–Kier alpha value is -1.55. The van der Waals surface area contributed by atoms with Gasteiger partial charge in [0.25, 0.3) is 0 Å². The quantitative estimate of drug-likeness (QED) is 0.871. The SMILES string of the molecule is CC(C)C1N(C)CCN1C(=O)Nc1ccccc1. The monoisotopic (exact) mass is 247 g/mol. The van der Waals surface area contributed by atoms with Gasteiger partial charge in [-0.15, -0.1) is 0 Å². The Kier molecular flexibility index (Phi) is 3.87. The standard InChI is InChI=1S/C14H21N3O/c1-11(2)13-16(3)9-10-17(13)14(18)15-12-7-5-4-6-8-12/h4-8,11,13H,9-10H2,1-3H3,(H,15,18). The minimum atomic E-state index is -0.00995. The van der Waals surface area contributed by atoms with Crippen molar-refractivity contribution >= 4 is 11.7 Å². The molecule has 1 aromatic rings. The predicted octanol–water partition coefficient (Wildman–Crippen LogP) is 2.45. The number of nitrogens with one attached hydrogen (secondary N) is 1. The summed E-state index contributed by atoms with van der Waals surface area (Å²) in [4.78, 5) is 16.4. The van der Waals surface area contributed by atoms with Crippen molar-refractivity contribution in [2.24, 2.45) is 5.92 Å². The van der Waals surface area contributed by atoms with Crippen LogP contribution in [0, 0.1) is 5.92 Å². The van der Waals surface area contributed by atoms with Crippen LogP contribution in [0.25, 0.3) is 0 Å². The first kappa shape index (κ1) is 12.9. The summed E-state index contributed by atoms with van der Waals surface area (Å²) in [5, 5.41) is 2.95. The van der Waals surface area contributed by atoms with Crippen molar-refractivity contribution in [1.29, 1.82) is 0 Å². The molecule has 2 amide bonds. The van der Waals surface area contributed by atoms with E-state index in [-0.39, 0.29) is 12.2 Å². The number of benzene rings is 1. The van der Waals surface area contributed by atoms with Gasteiger partial charge in [0.05, 0.1) is 6.17 Å². The first-order valence-electron chi connectivity index (χ1n) is 6.42. The topological polar surface area (TPSA) is 35.6 Å². The van der Waals surface area contributed by atoms with Crippen LogP contribution in [0.15, 0.2) is 30.3 Å². The van der Waals surface area contributed by atoms with Gasteiger partial charge in [-0.2, -0.15) is 0 Å². The van der Waals surface area contributed by atoms with Crippen LogP contribution in [0.2, 0.25) is 0 Å². The number of amides is 2. The molecule has 0 aliphatic carbocycles. The fraction of sp³-hybridized carbons (Fsp3) is 0.500.